The van der Waals surface area contributed by atoms with Crippen LogP contribution < -0.4 is 0 Å². The fourth-order valence-electron chi connectivity index (χ4n) is 1.25. The SMILES string of the molecule is CC(C)C1OC(=O)N(I)[C@@H]1C. The molecular weight excluding hydrogens is 257 g/mol. The van der Waals surface area contributed by atoms with E-state index in [2.05, 4.69) is 13.8 Å². The van der Waals surface area contributed by atoms with Crippen molar-refractivity contribution in [1.82, 2.24) is 3.11 Å². The van der Waals surface area contributed by atoms with Gasteiger partial charge in [-0.1, -0.05) is 13.8 Å². The first-order valence-corrected chi connectivity index (χ1v) is 4.66. The van der Waals surface area contributed by atoms with Gasteiger partial charge >= 0.3 is 6.09 Å². The van der Waals surface area contributed by atoms with Crippen molar-refractivity contribution in [3.05, 3.63) is 0 Å². The predicted octanol–water partition coefficient (Wildman–Crippen LogP) is 2.20. The summed E-state index contributed by atoms with van der Waals surface area (Å²) >= 11 is 1.99. The van der Waals surface area contributed by atoms with E-state index in [0.29, 0.717) is 5.92 Å². The van der Waals surface area contributed by atoms with E-state index in [1.807, 2.05) is 29.8 Å². The topological polar surface area (TPSA) is 29.5 Å². The van der Waals surface area contributed by atoms with Gasteiger partial charge in [0.2, 0.25) is 0 Å². The number of ether oxygens (including phenoxy) is 1. The quantitative estimate of drug-likeness (QED) is 0.539. The van der Waals surface area contributed by atoms with Gasteiger partial charge in [-0.15, -0.1) is 0 Å². The molecule has 0 aromatic carbocycles. The van der Waals surface area contributed by atoms with E-state index in [1.54, 1.807) is 3.11 Å². The van der Waals surface area contributed by atoms with Crippen LogP contribution in [0.5, 0.6) is 0 Å². The summed E-state index contributed by atoms with van der Waals surface area (Å²) in [6, 6.07) is 0.197. The van der Waals surface area contributed by atoms with Gasteiger partial charge in [0.1, 0.15) is 6.10 Å². The number of rotatable bonds is 1. The highest BCUT2D eigenvalue weighted by molar-refractivity contribution is 14.1. The standard InChI is InChI=1S/C7H12INO2/c1-4(2)6-5(3)9(8)7(10)11-6/h4-6H,1-3H3/t5-,6?/m1/s1. The van der Waals surface area contributed by atoms with Crippen LogP contribution in [0.15, 0.2) is 0 Å². The van der Waals surface area contributed by atoms with Crippen LogP contribution in [0.3, 0.4) is 0 Å². The number of halogens is 1. The summed E-state index contributed by atoms with van der Waals surface area (Å²) in [4.78, 5) is 11.0. The number of amides is 1. The molecule has 4 heteroatoms. The third-order valence-electron chi connectivity index (χ3n) is 1.90. The molecule has 1 unspecified atom stereocenters. The van der Waals surface area contributed by atoms with Gasteiger partial charge in [0.05, 0.1) is 28.9 Å². The van der Waals surface area contributed by atoms with Crippen molar-refractivity contribution in [3.8, 4) is 0 Å². The smallest absolute Gasteiger partial charge is 0.419 e. The molecule has 0 saturated carbocycles. The van der Waals surface area contributed by atoms with E-state index in [0.717, 1.165) is 0 Å². The maximum absolute atomic E-state index is 11.0. The summed E-state index contributed by atoms with van der Waals surface area (Å²) in [5.41, 5.74) is 0. The van der Waals surface area contributed by atoms with Gasteiger partial charge in [0, 0.05) is 0 Å². The minimum Gasteiger partial charge on any atom is -0.443 e. The van der Waals surface area contributed by atoms with Gasteiger partial charge in [0.15, 0.2) is 0 Å². The molecule has 3 nitrogen and oxygen atoms in total. The maximum atomic E-state index is 11.0. The van der Waals surface area contributed by atoms with Gasteiger partial charge < -0.3 is 4.74 Å². The largest absolute Gasteiger partial charge is 0.443 e. The highest BCUT2D eigenvalue weighted by Gasteiger charge is 2.38. The molecule has 1 fully saturated rings. The minimum absolute atomic E-state index is 0.0550. The summed E-state index contributed by atoms with van der Waals surface area (Å²) in [5.74, 6) is 0.397. The van der Waals surface area contributed by atoms with Gasteiger partial charge in [-0.2, -0.15) is 0 Å². The van der Waals surface area contributed by atoms with Crippen molar-refractivity contribution in [2.24, 2.45) is 5.92 Å². The van der Waals surface area contributed by atoms with Crippen molar-refractivity contribution < 1.29 is 9.53 Å². The lowest BCUT2D eigenvalue weighted by Crippen LogP contribution is -2.29. The molecule has 2 atom stereocenters. The van der Waals surface area contributed by atoms with Crippen LogP contribution in [0.4, 0.5) is 4.79 Å². The van der Waals surface area contributed by atoms with Crippen LogP contribution in [0, 0.1) is 5.92 Å². The van der Waals surface area contributed by atoms with Crippen molar-refractivity contribution in [2.75, 3.05) is 0 Å². The molecular formula is C7H12INO2. The van der Waals surface area contributed by atoms with Gasteiger partial charge in [-0.05, 0) is 12.8 Å². The zero-order valence-electron chi connectivity index (χ0n) is 6.87. The van der Waals surface area contributed by atoms with E-state index in [9.17, 15) is 4.79 Å². The van der Waals surface area contributed by atoms with Gasteiger partial charge in [0.25, 0.3) is 0 Å². The first-order valence-electron chi connectivity index (χ1n) is 3.69. The molecule has 0 bridgehead atoms. The lowest BCUT2D eigenvalue weighted by molar-refractivity contribution is 0.105. The van der Waals surface area contributed by atoms with E-state index >= 15 is 0 Å². The molecule has 64 valence electrons. The zero-order chi connectivity index (χ0) is 8.59. The molecule has 0 aromatic rings. The third kappa shape index (κ3) is 1.60. The zero-order valence-corrected chi connectivity index (χ0v) is 9.03. The van der Waals surface area contributed by atoms with Crippen molar-refractivity contribution >= 4 is 29.0 Å². The predicted molar refractivity (Wildman–Crippen MR) is 50.4 cm³/mol. The van der Waals surface area contributed by atoms with Crippen molar-refractivity contribution in [1.29, 1.82) is 0 Å². The van der Waals surface area contributed by atoms with E-state index < -0.39 is 0 Å². The molecule has 0 aliphatic carbocycles. The number of cyclic esters (lactones) is 1. The van der Waals surface area contributed by atoms with Crippen LogP contribution in [0.1, 0.15) is 20.8 Å². The second-order valence-electron chi connectivity index (χ2n) is 3.14. The molecule has 0 aromatic heterocycles. The number of hydrogen-bond acceptors (Lipinski definition) is 2. The Morgan fingerprint density at radius 3 is 2.36 bits per heavy atom. The highest BCUT2D eigenvalue weighted by Crippen LogP contribution is 2.27. The molecule has 11 heavy (non-hydrogen) atoms. The molecule has 0 spiro atoms. The molecule has 1 aliphatic rings. The number of nitrogens with zero attached hydrogens (tertiary/aromatic N) is 1. The number of carbonyl (C=O) groups is 1. The number of carbonyl (C=O) groups excluding carboxylic acids is 1. The third-order valence-corrected chi connectivity index (χ3v) is 3.17. The molecule has 1 rings (SSSR count). The monoisotopic (exact) mass is 269 g/mol. The molecule has 1 saturated heterocycles. The Kier molecular flexibility index (Phi) is 2.61. The normalized spacial score (nSPS) is 31.4. The van der Waals surface area contributed by atoms with Crippen LogP contribution in [0.2, 0.25) is 0 Å². The Bertz CT molecular complexity index is 172. The van der Waals surface area contributed by atoms with Crippen LogP contribution in [0.25, 0.3) is 0 Å². The van der Waals surface area contributed by atoms with E-state index in [-0.39, 0.29) is 18.2 Å². The molecule has 1 heterocycles. The molecule has 0 N–H and O–H groups in total. The molecule has 1 aliphatic heterocycles. The lowest BCUT2D eigenvalue weighted by Gasteiger charge is -2.17. The van der Waals surface area contributed by atoms with E-state index in [4.69, 9.17) is 4.74 Å². The van der Waals surface area contributed by atoms with Crippen molar-refractivity contribution in [3.63, 3.8) is 0 Å². The van der Waals surface area contributed by atoms with Crippen molar-refractivity contribution in [2.45, 2.75) is 32.9 Å². The Hall–Kier alpha value is 0. The van der Waals surface area contributed by atoms with Crippen LogP contribution in [-0.2, 0) is 4.74 Å². The van der Waals surface area contributed by atoms with Gasteiger partial charge in [-0.3, -0.25) is 0 Å². The Labute approximate surface area is 80.6 Å². The average Bonchev–Trinajstić information content (AvgIpc) is 2.17. The van der Waals surface area contributed by atoms with E-state index in [1.165, 1.54) is 0 Å². The summed E-state index contributed by atoms with van der Waals surface area (Å²) < 4.78 is 6.74. The Morgan fingerprint density at radius 1 is 1.64 bits per heavy atom. The fraction of sp³-hybridized carbons (Fsp3) is 0.857. The fourth-order valence-corrected chi connectivity index (χ4v) is 1.68. The lowest BCUT2D eigenvalue weighted by atomic mass is 10.0. The average molecular weight is 269 g/mol. The summed E-state index contributed by atoms with van der Waals surface area (Å²) in [7, 11) is 0. The number of hydrogen-bond donors (Lipinski definition) is 0. The first kappa shape index (κ1) is 9.09. The maximum Gasteiger partial charge on any atom is 0.419 e. The second-order valence-corrected chi connectivity index (χ2v) is 4.18. The minimum atomic E-state index is -0.211. The summed E-state index contributed by atoms with van der Waals surface area (Å²) in [6.07, 6.45) is -0.156. The first-order chi connectivity index (χ1) is 5.04. The van der Waals surface area contributed by atoms with Crippen LogP contribution in [-0.4, -0.2) is 21.4 Å². The molecule has 0 radical (unpaired) electrons. The Morgan fingerprint density at radius 2 is 2.18 bits per heavy atom. The second kappa shape index (κ2) is 3.16. The Balaban J connectivity index is 2.67. The summed E-state index contributed by atoms with van der Waals surface area (Å²) in [5, 5.41) is 0. The highest BCUT2D eigenvalue weighted by atomic mass is 127. The van der Waals surface area contributed by atoms with Gasteiger partial charge in [-0.25, -0.2) is 7.91 Å². The van der Waals surface area contributed by atoms with Crippen LogP contribution >= 0.6 is 22.9 Å². The summed E-state index contributed by atoms with van der Waals surface area (Å²) in [6.45, 7) is 6.12. The molecule has 1 amide bonds.